The van der Waals surface area contributed by atoms with Gasteiger partial charge in [0, 0.05) is 11.6 Å². The van der Waals surface area contributed by atoms with Crippen molar-refractivity contribution >= 4 is 17.5 Å². The van der Waals surface area contributed by atoms with Crippen LogP contribution in [-0.4, -0.2) is 13.0 Å². The topological polar surface area (TPSA) is 38.3 Å². The minimum Gasteiger partial charge on any atom is -0.497 e. The fourth-order valence-electron chi connectivity index (χ4n) is 1.87. The maximum atomic E-state index is 13.4. The molecule has 1 N–H and O–H groups in total. The van der Waals surface area contributed by atoms with Crippen LogP contribution in [0.2, 0.25) is 5.02 Å². The van der Waals surface area contributed by atoms with Gasteiger partial charge in [-0.05, 0) is 29.3 Å². The second-order valence-electron chi connectivity index (χ2n) is 4.50. The summed E-state index contributed by atoms with van der Waals surface area (Å²) >= 11 is 6.09. The van der Waals surface area contributed by atoms with Gasteiger partial charge in [-0.2, -0.15) is 0 Å². The van der Waals surface area contributed by atoms with Crippen LogP contribution in [0.15, 0.2) is 42.5 Å². The maximum Gasteiger partial charge on any atom is 0.224 e. The zero-order chi connectivity index (χ0) is 15.2. The van der Waals surface area contributed by atoms with Crippen LogP contribution in [0.4, 0.5) is 4.39 Å². The molecule has 0 atom stereocenters. The maximum absolute atomic E-state index is 13.4. The molecule has 0 aliphatic carbocycles. The summed E-state index contributed by atoms with van der Waals surface area (Å²) in [4.78, 5) is 11.8. The van der Waals surface area contributed by atoms with Crippen molar-refractivity contribution in [3.05, 3.63) is 64.4 Å². The fourth-order valence-corrected chi connectivity index (χ4v) is 2.11. The summed E-state index contributed by atoms with van der Waals surface area (Å²) in [6.45, 7) is 0.288. The zero-order valence-electron chi connectivity index (χ0n) is 11.5. The van der Waals surface area contributed by atoms with E-state index in [0.717, 1.165) is 5.56 Å². The Bertz CT molecular complexity index is 646. The first-order valence-electron chi connectivity index (χ1n) is 6.42. The summed E-state index contributed by atoms with van der Waals surface area (Å²) in [5.74, 6) is 0.0172. The molecule has 2 aromatic carbocycles. The molecular weight excluding hydrogens is 293 g/mol. The molecule has 110 valence electrons. The lowest BCUT2D eigenvalue weighted by atomic mass is 10.1. The molecule has 5 heteroatoms. The lowest BCUT2D eigenvalue weighted by Gasteiger charge is -2.09. The van der Waals surface area contributed by atoms with E-state index in [1.54, 1.807) is 43.5 Å². The van der Waals surface area contributed by atoms with Crippen LogP contribution in [-0.2, 0) is 17.8 Å². The van der Waals surface area contributed by atoms with Crippen LogP contribution >= 0.6 is 11.6 Å². The van der Waals surface area contributed by atoms with Crippen LogP contribution in [0.1, 0.15) is 11.1 Å². The number of nitrogens with one attached hydrogen (secondary N) is 1. The predicted octanol–water partition coefficient (Wildman–Crippen LogP) is 3.35. The van der Waals surface area contributed by atoms with Crippen molar-refractivity contribution in [3.8, 4) is 5.75 Å². The monoisotopic (exact) mass is 307 g/mol. The average molecular weight is 308 g/mol. The Balaban J connectivity index is 1.94. The second-order valence-corrected chi connectivity index (χ2v) is 4.91. The molecule has 0 aliphatic heterocycles. The molecule has 0 bridgehead atoms. The van der Waals surface area contributed by atoms with Crippen LogP contribution in [0, 0.1) is 5.82 Å². The minimum absolute atomic E-state index is 0.000444. The Morgan fingerprint density at radius 3 is 2.67 bits per heavy atom. The first-order valence-corrected chi connectivity index (χ1v) is 6.80. The van der Waals surface area contributed by atoms with Gasteiger partial charge < -0.3 is 10.1 Å². The van der Waals surface area contributed by atoms with Gasteiger partial charge in [0.05, 0.1) is 13.5 Å². The highest BCUT2D eigenvalue weighted by Gasteiger charge is 2.08. The van der Waals surface area contributed by atoms with Gasteiger partial charge >= 0.3 is 0 Å². The molecule has 0 spiro atoms. The molecule has 3 nitrogen and oxygen atoms in total. The third-order valence-electron chi connectivity index (χ3n) is 3.05. The SMILES string of the molecule is COc1ccc(CNC(=O)Cc2ccccc2F)c(Cl)c1. The quantitative estimate of drug-likeness (QED) is 0.920. The van der Waals surface area contributed by atoms with Crippen molar-refractivity contribution in [2.45, 2.75) is 13.0 Å². The molecule has 1 amide bonds. The first kappa shape index (κ1) is 15.3. The molecule has 2 rings (SSSR count). The molecule has 0 aromatic heterocycles. The van der Waals surface area contributed by atoms with E-state index in [1.807, 2.05) is 0 Å². The minimum atomic E-state index is -0.380. The number of amides is 1. The summed E-state index contributed by atoms with van der Waals surface area (Å²) in [6.07, 6.45) is 0.000444. The number of rotatable bonds is 5. The van der Waals surface area contributed by atoms with Crippen LogP contribution in [0.3, 0.4) is 0 Å². The van der Waals surface area contributed by atoms with E-state index in [9.17, 15) is 9.18 Å². The van der Waals surface area contributed by atoms with Crippen molar-refractivity contribution in [2.75, 3.05) is 7.11 Å². The number of carbonyl (C=O) groups is 1. The summed E-state index contributed by atoms with van der Waals surface area (Å²) in [6, 6.07) is 11.5. The van der Waals surface area contributed by atoms with E-state index in [4.69, 9.17) is 16.3 Å². The number of ether oxygens (including phenoxy) is 1. The number of hydrogen-bond donors (Lipinski definition) is 1. The standard InChI is InChI=1S/C16H15ClFNO2/c1-21-13-7-6-12(14(17)9-13)10-19-16(20)8-11-4-2-3-5-15(11)18/h2-7,9H,8,10H2,1H3,(H,19,20). The number of hydrogen-bond acceptors (Lipinski definition) is 2. The molecule has 0 aliphatic rings. The van der Waals surface area contributed by atoms with E-state index < -0.39 is 0 Å². The molecule has 0 radical (unpaired) electrons. The molecule has 0 saturated heterocycles. The Hall–Kier alpha value is -2.07. The van der Waals surface area contributed by atoms with Gasteiger partial charge in [-0.15, -0.1) is 0 Å². The third kappa shape index (κ3) is 4.20. The number of benzene rings is 2. The van der Waals surface area contributed by atoms with E-state index in [-0.39, 0.29) is 24.7 Å². The van der Waals surface area contributed by atoms with Crippen LogP contribution in [0.5, 0.6) is 5.75 Å². The smallest absolute Gasteiger partial charge is 0.224 e. The van der Waals surface area contributed by atoms with E-state index >= 15 is 0 Å². The predicted molar refractivity (Wildman–Crippen MR) is 80.0 cm³/mol. The Labute approximate surface area is 127 Å². The lowest BCUT2D eigenvalue weighted by molar-refractivity contribution is -0.120. The van der Waals surface area contributed by atoms with E-state index in [0.29, 0.717) is 16.3 Å². The van der Waals surface area contributed by atoms with Gasteiger partial charge in [0.1, 0.15) is 11.6 Å². The highest BCUT2D eigenvalue weighted by Crippen LogP contribution is 2.22. The van der Waals surface area contributed by atoms with E-state index in [1.165, 1.54) is 6.07 Å². The molecule has 0 fully saturated rings. The van der Waals surface area contributed by atoms with Crippen molar-refractivity contribution in [1.29, 1.82) is 0 Å². The Kier molecular flexibility index (Phi) is 5.17. The average Bonchev–Trinajstić information content (AvgIpc) is 2.48. The number of methoxy groups -OCH3 is 1. The normalized spacial score (nSPS) is 10.2. The number of carbonyl (C=O) groups excluding carboxylic acids is 1. The van der Waals surface area contributed by atoms with Crippen LogP contribution < -0.4 is 10.1 Å². The number of halogens is 2. The van der Waals surface area contributed by atoms with Crippen molar-refractivity contribution in [2.24, 2.45) is 0 Å². The van der Waals surface area contributed by atoms with Crippen molar-refractivity contribution in [1.82, 2.24) is 5.32 Å². The zero-order valence-corrected chi connectivity index (χ0v) is 12.3. The van der Waals surface area contributed by atoms with Crippen molar-refractivity contribution in [3.63, 3.8) is 0 Å². The Morgan fingerprint density at radius 1 is 1.24 bits per heavy atom. The molecule has 0 heterocycles. The molecule has 0 unspecified atom stereocenters. The third-order valence-corrected chi connectivity index (χ3v) is 3.40. The summed E-state index contributed by atoms with van der Waals surface area (Å²) in [7, 11) is 1.56. The summed E-state index contributed by atoms with van der Waals surface area (Å²) < 4.78 is 18.5. The molecule has 0 saturated carbocycles. The molecule has 2 aromatic rings. The molecular formula is C16H15ClFNO2. The van der Waals surface area contributed by atoms with Crippen LogP contribution in [0.25, 0.3) is 0 Å². The Morgan fingerprint density at radius 2 is 2.00 bits per heavy atom. The van der Waals surface area contributed by atoms with Gasteiger partial charge in [0.25, 0.3) is 0 Å². The molecule has 21 heavy (non-hydrogen) atoms. The largest absolute Gasteiger partial charge is 0.497 e. The van der Waals surface area contributed by atoms with Gasteiger partial charge in [0.2, 0.25) is 5.91 Å². The summed E-state index contributed by atoms with van der Waals surface area (Å²) in [5.41, 5.74) is 1.15. The van der Waals surface area contributed by atoms with Crippen molar-refractivity contribution < 1.29 is 13.9 Å². The van der Waals surface area contributed by atoms with Gasteiger partial charge in [-0.3, -0.25) is 4.79 Å². The lowest BCUT2D eigenvalue weighted by Crippen LogP contribution is -2.25. The highest BCUT2D eigenvalue weighted by molar-refractivity contribution is 6.31. The van der Waals surface area contributed by atoms with E-state index in [2.05, 4.69) is 5.32 Å². The van der Waals surface area contributed by atoms with Gasteiger partial charge in [0.15, 0.2) is 0 Å². The first-order chi connectivity index (χ1) is 10.1. The van der Waals surface area contributed by atoms with Gasteiger partial charge in [-0.25, -0.2) is 4.39 Å². The highest BCUT2D eigenvalue weighted by atomic mass is 35.5. The summed E-state index contributed by atoms with van der Waals surface area (Å²) in [5, 5.41) is 3.24. The van der Waals surface area contributed by atoms with Gasteiger partial charge in [-0.1, -0.05) is 35.9 Å². The fraction of sp³-hybridized carbons (Fsp3) is 0.188. The second kappa shape index (κ2) is 7.09.